The first-order chi connectivity index (χ1) is 12.9. The summed E-state index contributed by atoms with van der Waals surface area (Å²) in [7, 11) is 0. The molecule has 0 amide bonds. The Balaban J connectivity index is 1.61. The van der Waals surface area contributed by atoms with Gasteiger partial charge in [-0.1, -0.05) is 18.9 Å². The zero-order valence-corrected chi connectivity index (χ0v) is 15.5. The van der Waals surface area contributed by atoms with Crippen molar-refractivity contribution in [2.24, 2.45) is 11.3 Å². The molecule has 144 valence electrons. The number of hydrogen-bond acceptors (Lipinski definition) is 5. The number of carbonyl (C=O) groups is 1. The predicted octanol–water partition coefficient (Wildman–Crippen LogP) is 1.44. The van der Waals surface area contributed by atoms with Crippen molar-refractivity contribution in [1.82, 2.24) is 14.3 Å². The molecule has 1 saturated heterocycles. The number of rotatable bonds is 5. The average Bonchev–Trinajstić information content (AvgIpc) is 3.43. The molecular formula is C20H25N3O4. The maximum absolute atomic E-state index is 12.4. The molecule has 0 bridgehead atoms. The molecule has 0 spiro atoms. The molecule has 2 aromatic heterocycles. The summed E-state index contributed by atoms with van der Waals surface area (Å²) in [5.74, 6) is -0.518. The average molecular weight is 371 g/mol. The van der Waals surface area contributed by atoms with Crippen LogP contribution >= 0.6 is 0 Å². The molecule has 4 rings (SSSR count). The van der Waals surface area contributed by atoms with Crippen LogP contribution in [0.25, 0.3) is 5.65 Å². The SMILES string of the molecule is Cc1cccn2c(=O)cc(CN3CC[C@@H](O)[C@@](CC4CC4)(C(=O)O)C3)nc12. The molecule has 2 aliphatic rings. The largest absolute Gasteiger partial charge is 0.481 e. The molecule has 1 aliphatic heterocycles. The number of carboxylic acids is 1. The Morgan fingerprint density at radius 3 is 2.85 bits per heavy atom. The third kappa shape index (κ3) is 3.37. The summed E-state index contributed by atoms with van der Waals surface area (Å²) >= 11 is 0. The Labute approximate surface area is 157 Å². The molecule has 1 aliphatic carbocycles. The zero-order chi connectivity index (χ0) is 19.2. The summed E-state index contributed by atoms with van der Waals surface area (Å²) in [5.41, 5.74) is 0.912. The summed E-state index contributed by atoms with van der Waals surface area (Å²) in [6.45, 7) is 3.20. The van der Waals surface area contributed by atoms with Gasteiger partial charge in [0.1, 0.15) is 11.1 Å². The summed E-state index contributed by atoms with van der Waals surface area (Å²) < 4.78 is 1.52. The van der Waals surface area contributed by atoms with E-state index in [0.717, 1.165) is 18.4 Å². The normalized spacial score (nSPS) is 26.4. The summed E-state index contributed by atoms with van der Waals surface area (Å²) in [5, 5.41) is 20.4. The Morgan fingerprint density at radius 2 is 2.15 bits per heavy atom. The highest BCUT2D eigenvalue weighted by Gasteiger charge is 2.51. The molecule has 2 aromatic rings. The van der Waals surface area contributed by atoms with E-state index in [1.807, 2.05) is 24.0 Å². The van der Waals surface area contributed by atoms with E-state index >= 15 is 0 Å². The van der Waals surface area contributed by atoms with Crippen molar-refractivity contribution >= 4 is 11.6 Å². The lowest BCUT2D eigenvalue weighted by molar-refractivity contribution is -0.165. The lowest BCUT2D eigenvalue weighted by Gasteiger charge is -2.43. The molecule has 7 nitrogen and oxygen atoms in total. The van der Waals surface area contributed by atoms with Crippen LogP contribution in [0.1, 0.15) is 36.9 Å². The standard InChI is InChI=1S/C20H25N3O4/c1-13-3-2-7-23-17(25)9-15(21-18(13)23)11-22-8-6-16(24)20(12-22,19(26)27)10-14-4-5-14/h2-3,7,9,14,16,24H,4-6,8,10-12H2,1H3,(H,26,27)/t16-,20+/m1/s1. The van der Waals surface area contributed by atoms with Gasteiger partial charge < -0.3 is 10.2 Å². The van der Waals surface area contributed by atoms with Crippen LogP contribution in [0.15, 0.2) is 29.2 Å². The number of aryl methyl sites for hydroxylation is 1. The first kappa shape index (κ1) is 18.1. The molecule has 2 atom stereocenters. The van der Waals surface area contributed by atoms with Gasteiger partial charge in [0.2, 0.25) is 0 Å². The highest BCUT2D eigenvalue weighted by Crippen LogP contribution is 2.45. The molecule has 0 radical (unpaired) electrons. The Morgan fingerprint density at radius 1 is 1.37 bits per heavy atom. The third-order valence-corrected chi connectivity index (χ3v) is 5.96. The smallest absolute Gasteiger partial charge is 0.313 e. The van der Waals surface area contributed by atoms with Crippen molar-refractivity contribution < 1.29 is 15.0 Å². The molecule has 3 heterocycles. The number of hydrogen-bond donors (Lipinski definition) is 2. The molecule has 27 heavy (non-hydrogen) atoms. The van der Waals surface area contributed by atoms with Crippen LogP contribution < -0.4 is 5.56 Å². The number of piperidine rings is 1. The fraction of sp³-hybridized carbons (Fsp3) is 0.550. The molecule has 7 heteroatoms. The van der Waals surface area contributed by atoms with Gasteiger partial charge >= 0.3 is 5.97 Å². The van der Waals surface area contributed by atoms with Gasteiger partial charge in [0.15, 0.2) is 0 Å². The minimum absolute atomic E-state index is 0.141. The molecular weight excluding hydrogens is 346 g/mol. The number of aliphatic hydroxyl groups excluding tert-OH is 1. The second-order valence-electron chi connectivity index (χ2n) is 8.09. The minimum Gasteiger partial charge on any atom is -0.481 e. The topological polar surface area (TPSA) is 95.1 Å². The molecule has 0 aromatic carbocycles. The lowest BCUT2D eigenvalue weighted by atomic mass is 9.73. The fourth-order valence-corrected chi connectivity index (χ4v) is 4.25. The highest BCUT2D eigenvalue weighted by atomic mass is 16.4. The van der Waals surface area contributed by atoms with Crippen molar-refractivity contribution in [3.05, 3.63) is 46.0 Å². The second-order valence-corrected chi connectivity index (χ2v) is 8.09. The maximum Gasteiger partial charge on any atom is 0.313 e. The highest BCUT2D eigenvalue weighted by molar-refractivity contribution is 5.76. The monoisotopic (exact) mass is 371 g/mol. The van der Waals surface area contributed by atoms with Crippen molar-refractivity contribution in [3.8, 4) is 0 Å². The van der Waals surface area contributed by atoms with E-state index in [1.54, 1.807) is 6.20 Å². The van der Waals surface area contributed by atoms with Crippen molar-refractivity contribution in [3.63, 3.8) is 0 Å². The molecule has 1 saturated carbocycles. The number of nitrogens with zero attached hydrogens (tertiary/aromatic N) is 3. The first-order valence-corrected chi connectivity index (χ1v) is 9.51. The summed E-state index contributed by atoms with van der Waals surface area (Å²) in [6.07, 6.45) is 3.90. The summed E-state index contributed by atoms with van der Waals surface area (Å²) in [4.78, 5) is 31.1. The van der Waals surface area contributed by atoms with E-state index in [1.165, 1.54) is 10.5 Å². The zero-order valence-electron chi connectivity index (χ0n) is 15.5. The number of aliphatic carboxylic acids is 1. The van der Waals surface area contributed by atoms with Crippen LogP contribution in [0.4, 0.5) is 0 Å². The molecule has 2 N–H and O–H groups in total. The van der Waals surface area contributed by atoms with Gasteiger partial charge in [-0.2, -0.15) is 0 Å². The van der Waals surface area contributed by atoms with E-state index in [0.29, 0.717) is 43.2 Å². The number of likely N-dealkylation sites (tertiary alicyclic amines) is 1. The van der Waals surface area contributed by atoms with Crippen molar-refractivity contribution in [2.45, 2.75) is 45.3 Å². The van der Waals surface area contributed by atoms with Gasteiger partial charge in [-0.25, -0.2) is 4.98 Å². The van der Waals surface area contributed by atoms with Gasteiger partial charge in [0.25, 0.3) is 5.56 Å². The van der Waals surface area contributed by atoms with Gasteiger partial charge in [-0.15, -0.1) is 0 Å². The number of aromatic nitrogens is 2. The second kappa shape index (κ2) is 6.73. The lowest BCUT2D eigenvalue weighted by Crippen LogP contribution is -2.56. The van der Waals surface area contributed by atoms with Crippen LogP contribution in [0.2, 0.25) is 0 Å². The van der Waals surface area contributed by atoms with E-state index in [-0.39, 0.29) is 12.1 Å². The van der Waals surface area contributed by atoms with Crippen LogP contribution in [0, 0.1) is 18.3 Å². The molecule has 2 fully saturated rings. The number of fused-ring (bicyclic) bond motifs is 1. The first-order valence-electron chi connectivity index (χ1n) is 9.51. The maximum atomic E-state index is 12.4. The fourth-order valence-electron chi connectivity index (χ4n) is 4.25. The van der Waals surface area contributed by atoms with Crippen LogP contribution in [-0.4, -0.2) is 49.7 Å². The van der Waals surface area contributed by atoms with Crippen LogP contribution in [0.5, 0.6) is 0 Å². The Kier molecular flexibility index (Phi) is 4.52. The van der Waals surface area contributed by atoms with Crippen LogP contribution in [0.3, 0.4) is 0 Å². The van der Waals surface area contributed by atoms with E-state index in [2.05, 4.69) is 4.98 Å². The van der Waals surface area contributed by atoms with Crippen molar-refractivity contribution in [2.75, 3.05) is 13.1 Å². The van der Waals surface area contributed by atoms with E-state index < -0.39 is 17.5 Å². The van der Waals surface area contributed by atoms with Gasteiger partial charge in [0.05, 0.1) is 11.8 Å². The number of carboxylic acid groups (broad SMARTS) is 1. The van der Waals surface area contributed by atoms with E-state index in [9.17, 15) is 19.8 Å². The van der Waals surface area contributed by atoms with Gasteiger partial charge in [0, 0.05) is 31.9 Å². The molecule has 0 unspecified atom stereocenters. The van der Waals surface area contributed by atoms with Crippen LogP contribution in [-0.2, 0) is 11.3 Å². The third-order valence-electron chi connectivity index (χ3n) is 5.96. The Bertz CT molecular complexity index is 936. The number of pyridine rings is 1. The minimum atomic E-state index is -1.12. The van der Waals surface area contributed by atoms with E-state index in [4.69, 9.17) is 0 Å². The van der Waals surface area contributed by atoms with Crippen molar-refractivity contribution in [1.29, 1.82) is 0 Å². The Hall–Kier alpha value is -2.25. The van der Waals surface area contributed by atoms with Gasteiger partial charge in [-0.05, 0) is 37.3 Å². The number of aliphatic hydroxyl groups is 1. The predicted molar refractivity (Wildman–Crippen MR) is 99.5 cm³/mol. The summed E-state index contributed by atoms with van der Waals surface area (Å²) in [6, 6.07) is 5.24. The van der Waals surface area contributed by atoms with Gasteiger partial charge in [-0.3, -0.25) is 18.9 Å². The quantitative estimate of drug-likeness (QED) is 0.826.